The third-order valence-electron chi connectivity index (χ3n) is 3.12. The lowest BCUT2D eigenvalue weighted by Gasteiger charge is -2.23. The first-order chi connectivity index (χ1) is 9.70. The Morgan fingerprint density at radius 2 is 2.14 bits per heavy atom. The monoisotopic (exact) mass is 318 g/mol. The zero-order chi connectivity index (χ0) is 14.4. The number of carbonyl (C=O) groups is 1. The Bertz CT molecular complexity index is 468. The van der Waals surface area contributed by atoms with E-state index in [0.29, 0.717) is 25.5 Å². The molecule has 1 aromatic rings. The molecule has 2 rings (SSSR count). The molecule has 0 aromatic heterocycles. The smallest absolute Gasteiger partial charge is 0.255 e. The molecule has 1 fully saturated rings. The number of carbonyl (C=O) groups excluding carboxylic acids is 1. The van der Waals surface area contributed by atoms with Crippen LogP contribution >= 0.6 is 12.4 Å². The van der Waals surface area contributed by atoms with Crippen LogP contribution in [0.1, 0.15) is 23.2 Å². The van der Waals surface area contributed by atoms with Crippen LogP contribution in [0.25, 0.3) is 0 Å². The minimum absolute atomic E-state index is 0. The summed E-state index contributed by atoms with van der Waals surface area (Å²) in [6, 6.07) is 3.95. The van der Waals surface area contributed by atoms with E-state index in [1.54, 1.807) is 0 Å². The number of nitrogens with one attached hydrogen (secondary N) is 1. The lowest BCUT2D eigenvalue weighted by atomic mass is 10.1. The van der Waals surface area contributed by atoms with Gasteiger partial charge in [-0.2, -0.15) is 0 Å². The SMILES string of the molecule is Cl.NCCOc1ccc(F)cc1C(=O)NC1CCOCC1. The molecule has 1 aliphatic heterocycles. The molecule has 5 nitrogen and oxygen atoms in total. The second-order valence-electron chi connectivity index (χ2n) is 4.64. The molecule has 1 saturated heterocycles. The fourth-order valence-electron chi connectivity index (χ4n) is 2.08. The highest BCUT2D eigenvalue weighted by atomic mass is 35.5. The molecular formula is C14H20ClFN2O3. The van der Waals surface area contributed by atoms with Crippen molar-refractivity contribution in [2.45, 2.75) is 18.9 Å². The highest BCUT2D eigenvalue weighted by Crippen LogP contribution is 2.20. The lowest BCUT2D eigenvalue weighted by molar-refractivity contribution is 0.0694. The molecule has 1 aliphatic rings. The van der Waals surface area contributed by atoms with Crippen LogP contribution < -0.4 is 15.8 Å². The first kappa shape index (κ1) is 17.7. The van der Waals surface area contributed by atoms with Crippen LogP contribution in [0.4, 0.5) is 4.39 Å². The standard InChI is InChI=1S/C14H19FN2O3.ClH/c15-10-1-2-13(20-8-5-16)12(9-10)14(18)17-11-3-6-19-7-4-11;/h1-2,9,11H,3-8,16H2,(H,17,18);1H. The summed E-state index contributed by atoms with van der Waals surface area (Å²) in [7, 11) is 0. The minimum Gasteiger partial charge on any atom is -0.491 e. The van der Waals surface area contributed by atoms with Gasteiger partial charge >= 0.3 is 0 Å². The van der Waals surface area contributed by atoms with Crippen molar-refractivity contribution >= 4 is 18.3 Å². The van der Waals surface area contributed by atoms with E-state index in [9.17, 15) is 9.18 Å². The number of amides is 1. The van der Waals surface area contributed by atoms with E-state index >= 15 is 0 Å². The Hall–Kier alpha value is -1.37. The average molecular weight is 319 g/mol. The molecule has 0 radical (unpaired) electrons. The van der Waals surface area contributed by atoms with Gasteiger partial charge in [0.1, 0.15) is 18.2 Å². The molecule has 0 saturated carbocycles. The van der Waals surface area contributed by atoms with Gasteiger partial charge in [-0.15, -0.1) is 12.4 Å². The van der Waals surface area contributed by atoms with E-state index < -0.39 is 5.82 Å². The molecule has 0 spiro atoms. The number of rotatable bonds is 5. The highest BCUT2D eigenvalue weighted by molar-refractivity contribution is 5.97. The van der Waals surface area contributed by atoms with Crippen LogP contribution in [0.3, 0.4) is 0 Å². The largest absolute Gasteiger partial charge is 0.491 e. The normalized spacial score (nSPS) is 15.1. The van der Waals surface area contributed by atoms with Gasteiger partial charge in [-0.05, 0) is 31.0 Å². The van der Waals surface area contributed by atoms with Crippen LogP contribution in [-0.4, -0.2) is 38.3 Å². The minimum atomic E-state index is -0.470. The predicted molar refractivity (Wildman–Crippen MR) is 79.5 cm³/mol. The van der Waals surface area contributed by atoms with Crippen molar-refractivity contribution in [3.63, 3.8) is 0 Å². The number of benzene rings is 1. The maximum atomic E-state index is 13.3. The van der Waals surface area contributed by atoms with Gasteiger partial charge in [-0.1, -0.05) is 0 Å². The van der Waals surface area contributed by atoms with Gasteiger partial charge in [0.05, 0.1) is 5.56 Å². The van der Waals surface area contributed by atoms with Crippen LogP contribution in [-0.2, 0) is 4.74 Å². The second-order valence-corrected chi connectivity index (χ2v) is 4.64. The Balaban J connectivity index is 0.00000220. The Labute approximate surface area is 129 Å². The number of hydrogen-bond donors (Lipinski definition) is 2. The van der Waals surface area contributed by atoms with Crippen molar-refractivity contribution in [3.8, 4) is 5.75 Å². The summed E-state index contributed by atoms with van der Waals surface area (Å²) < 4.78 is 23.9. The topological polar surface area (TPSA) is 73.6 Å². The van der Waals surface area contributed by atoms with Gasteiger partial charge in [0.15, 0.2) is 0 Å². The summed E-state index contributed by atoms with van der Waals surface area (Å²) >= 11 is 0. The number of nitrogens with two attached hydrogens (primary N) is 1. The molecule has 21 heavy (non-hydrogen) atoms. The molecule has 0 aliphatic carbocycles. The molecule has 118 valence electrons. The summed E-state index contributed by atoms with van der Waals surface area (Å²) in [4.78, 5) is 12.2. The molecular weight excluding hydrogens is 299 g/mol. The fraction of sp³-hybridized carbons (Fsp3) is 0.500. The van der Waals surface area contributed by atoms with Crippen LogP contribution in [0, 0.1) is 5.82 Å². The number of hydrogen-bond acceptors (Lipinski definition) is 4. The summed E-state index contributed by atoms with van der Waals surface area (Å²) in [5.41, 5.74) is 5.57. The van der Waals surface area contributed by atoms with Crippen LogP contribution in [0.5, 0.6) is 5.75 Å². The van der Waals surface area contributed by atoms with Crippen molar-refractivity contribution in [2.24, 2.45) is 5.73 Å². The van der Waals surface area contributed by atoms with Gasteiger partial charge in [0, 0.05) is 25.8 Å². The summed E-state index contributed by atoms with van der Waals surface area (Å²) in [5.74, 6) is -0.452. The third kappa shape index (κ3) is 5.15. The molecule has 0 bridgehead atoms. The Morgan fingerprint density at radius 3 is 2.81 bits per heavy atom. The van der Waals surface area contributed by atoms with E-state index in [-0.39, 0.29) is 36.5 Å². The quantitative estimate of drug-likeness (QED) is 0.863. The maximum absolute atomic E-state index is 13.3. The predicted octanol–water partition coefficient (Wildman–Crippen LogP) is 1.49. The molecule has 7 heteroatoms. The second kappa shape index (κ2) is 8.81. The van der Waals surface area contributed by atoms with E-state index in [1.165, 1.54) is 18.2 Å². The van der Waals surface area contributed by atoms with Gasteiger partial charge < -0.3 is 20.5 Å². The van der Waals surface area contributed by atoms with Gasteiger partial charge in [-0.25, -0.2) is 4.39 Å². The number of ether oxygens (including phenoxy) is 2. The van der Waals surface area contributed by atoms with E-state index in [1.807, 2.05) is 0 Å². The summed E-state index contributed by atoms with van der Waals surface area (Å²) in [6.45, 7) is 1.87. The van der Waals surface area contributed by atoms with Crippen molar-refractivity contribution in [1.82, 2.24) is 5.32 Å². The molecule has 0 atom stereocenters. The van der Waals surface area contributed by atoms with Crippen molar-refractivity contribution < 1.29 is 18.7 Å². The van der Waals surface area contributed by atoms with Crippen LogP contribution in [0.15, 0.2) is 18.2 Å². The maximum Gasteiger partial charge on any atom is 0.255 e. The lowest BCUT2D eigenvalue weighted by Crippen LogP contribution is -2.39. The third-order valence-corrected chi connectivity index (χ3v) is 3.12. The van der Waals surface area contributed by atoms with Gasteiger partial charge in [0.25, 0.3) is 5.91 Å². The molecule has 3 N–H and O–H groups in total. The Morgan fingerprint density at radius 1 is 1.43 bits per heavy atom. The highest BCUT2D eigenvalue weighted by Gasteiger charge is 2.20. The summed E-state index contributed by atoms with van der Waals surface area (Å²) in [6.07, 6.45) is 1.53. The first-order valence-electron chi connectivity index (χ1n) is 6.71. The molecule has 1 aromatic carbocycles. The van der Waals surface area contributed by atoms with E-state index in [2.05, 4.69) is 5.32 Å². The van der Waals surface area contributed by atoms with Crippen molar-refractivity contribution in [3.05, 3.63) is 29.6 Å². The van der Waals surface area contributed by atoms with Gasteiger partial charge in [0.2, 0.25) is 0 Å². The average Bonchev–Trinajstić information content (AvgIpc) is 2.47. The molecule has 0 unspecified atom stereocenters. The zero-order valence-electron chi connectivity index (χ0n) is 11.6. The van der Waals surface area contributed by atoms with Crippen molar-refractivity contribution in [2.75, 3.05) is 26.4 Å². The summed E-state index contributed by atoms with van der Waals surface area (Å²) in [5, 5.41) is 2.88. The van der Waals surface area contributed by atoms with Gasteiger partial charge in [-0.3, -0.25) is 4.79 Å². The molecule has 1 heterocycles. The van der Waals surface area contributed by atoms with E-state index in [4.69, 9.17) is 15.2 Å². The van der Waals surface area contributed by atoms with Crippen LogP contribution in [0.2, 0.25) is 0 Å². The zero-order valence-corrected chi connectivity index (χ0v) is 12.5. The van der Waals surface area contributed by atoms with E-state index in [0.717, 1.165) is 12.8 Å². The number of halogens is 2. The molecule has 1 amide bonds. The first-order valence-corrected chi connectivity index (χ1v) is 6.71. The Kier molecular flexibility index (Phi) is 7.42. The fourth-order valence-corrected chi connectivity index (χ4v) is 2.08. The van der Waals surface area contributed by atoms with Crippen molar-refractivity contribution in [1.29, 1.82) is 0 Å².